The van der Waals surface area contributed by atoms with Crippen molar-refractivity contribution >= 4 is 5.69 Å². The van der Waals surface area contributed by atoms with Gasteiger partial charge in [0.05, 0.1) is 19.3 Å². The standard InChI is InChI=1S/C13H18F2N2O2/c1-16-8-13(18)9-6-10(14)11(15)7-12(9)17-2-4-19-5-3-17/h6-7,13,16,18H,2-5,8H2,1H3. The molecule has 0 radical (unpaired) electrons. The molecule has 0 amide bonds. The Bertz CT molecular complexity index is 437. The van der Waals surface area contributed by atoms with Gasteiger partial charge in [0.2, 0.25) is 0 Å². The second-order valence-corrected chi connectivity index (χ2v) is 4.50. The van der Waals surface area contributed by atoms with Gasteiger partial charge in [-0.05, 0) is 13.1 Å². The van der Waals surface area contributed by atoms with Gasteiger partial charge in [-0.1, -0.05) is 0 Å². The molecule has 1 atom stereocenters. The van der Waals surface area contributed by atoms with Crippen LogP contribution in [0.25, 0.3) is 0 Å². The molecule has 2 N–H and O–H groups in total. The number of ether oxygens (including phenoxy) is 1. The minimum absolute atomic E-state index is 0.280. The molecule has 6 heteroatoms. The molecule has 1 fully saturated rings. The number of aliphatic hydroxyl groups excluding tert-OH is 1. The Morgan fingerprint density at radius 2 is 1.95 bits per heavy atom. The summed E-state index contributed by atoms with van der Waals surface area (Å²) in [7, 11) is 1.69. The van der Waals surface area contributed by atoms with Crippen LogP contribution in [-0.4, -0.2) is 45.0 Å². The van der Waals surface area contributed by atoms with Crippen LogP contribution >= 0.6 is 0 Å². The van der Waals surface area contributed by atoms with Crippen molar-refractivity contribution < 1.29 is 18.6 Å². The highest BCUT2D eigenvalue weighted by molar-refractivity contribution is 5.55. The van der Waals surface area contributed by atoms with Crippen LogP contribution in [-0.2, 0) is 4.74 Å². The summed E-state index contributed by atoms with van der Waals surface area (Å²) >= 11 is 0. The maximum Gasteiger partial charge on any atom is 0.160 e. The third kappa shape index (κ3) is 3.20. The zero-order chi connectivity index (χ0) is 13.8. The molecular weight excluding hydrogens is 254 g/mol. The molecular formula is C13H18F2N2O2. The van der Waals surface area contributed by atoms with Gasteiger partial charge >= 0.3 is 0 Å². The van der Waals surface area contributed by atoms with Gasteiger partial charge in [0.1, 0.15) is 0 Å². The number of benzene rings is 1. The van der Waals surface area contributed by atoms with E-state index in [2.05, 4.69) is 5.32 Å². The minimum atomic E-state index is -0.942. The van der Waals surface area contributed by atoms with Gasteiger partial charge in [0, 0.05) is 37.0 Å². The lowest BCUT2D eigenvalue weighted by Crippen LogP contribution is -2.37. The fourth-order valence-electron chi connectivity index (χ4n) is 2.20. The molecule has 0 saturated carbocycles. The van der Waals surface area contributed by atoms with Gasteiger partial charge < -0.3 is 20.1 Å². The predicted octanol–water partition coefficient (Wildman–Crippen LogP) is 1.05. The molecule has 0 aromatic heterocycles. The summed E-state index contributed by atoms with van der Waals surface area (Å²) in [5.74, 6) is -1.84. The Hall–Kier alpha value is -1.24. The Labute approximate surface area is 111 Å². The van der Waals surface area contributed by atoms with E-state index in [0.717, 1.165) is 12.1 Å². The Morgan fingerprint density at radius 3 is 2.58 bits per heavy atom. The van der Waals surface area contributed by atoms with Crippen LogP contribution in [0.5, 0.6) is 0 Å². The maximum absolute atomic E-state index is 13.4. The van der Waals surface area contributed by atoms with E-state index in [1.807, 2.05) is 4.90 Å². The van der Waals surface area contributed by atoms with E-state index >= 15 is 0 Å². The second-order valence-electron chi connectivity index (χ2n) is 4.50. The molecule has 4 nitrogen and oxygen atoms in total. The molecule has 1 aliphatic heterocycles. The number of nitrogens with zero attached hydrogens (tertiary/aromatic N) is 1. The van der Waals surface area contributed by atoms with Crippen molar-refractivity contribution in [3.63, 3.8) is 0 Å². The lowest BCUT2D eigenvalue weighted by molar-refractivity contribution is 0.122. The van der Waals surface area contributed by atoms with E-state index < -0.39 is 17.7 Å². The summed E-state index contributed by atoms with van der Waals surface area (Å²) in [5, 5.41) is 12.9. The molecule has 0 bridgehead atoms. The lowest BCUT2D eigenvalue weighted by Gasteiger charge is -2.31. The molecule has 1 heterocycles. The third-order valence-electron chi connectivity index (χ3n) is 3.18. The van der Waals surface area contributed by atoms with Crippen molar-refractivity contribution in [2.45, 2.75) is 6.10 Å². The first-order valence-electron chi connectivity index (χ1n) is 6.27. The quantitative estimate of drug-likeness (QED) is 0.860. The van der Waals surface area contributed by atoms with Crippen molar-refractivity contribution in [3.05, 3.63) is 29.3 Å². The summed E-state index contributed by atoms with van der Waals surface area (Å²) in [6.45, 7) is 2.57. The van der Waals surface area contributed by atoms with Crippen molar-refractivity contribution in [2.75, 3.05) is 44.8 Å². The molecule has 0 aliphatic carbocycles. The number of aliphatic hydroxyl groups is 1. The first-order valence-corrected chi connectivity index (χ1v) is 6.27. The van der Waals surface area contributed by atoms with Gasteiger partial charge in [-0.2, -0.15) is 0 Å². The number of hydrogen-bond donors (Lipinski definition) is 2. The van der Waals surface area contributed by atoms with Crippen LogP contribution in [0, 0.1) is 11.6 Å². The minimum Gasteiger partial charge on any atom is -0.387 e. The molecule has 1 aromatic carbocycles. The van der Waals surface area contributed by atoms with Crippen LogP contribution in [0.4, 0.5) is 14.5 Å². The van der Waals surface area contributed by atoms with Crippen molar-refractivity contribution in [1.82, 2.24) is 5.32 Å². The molecule has 2 rings (SSSR count). The van der Waals surface area contributed by atoms with Crippen molar-refractivity contribution in [2.24, 2.45) is 0 Å². The topological polar surface area (TPSA) is 44.7 Å². The Balaban J connectivity index is 2.35. The normalized spacial score (nSPS) is 17.6. The predicted molar refractivity (Wildman–Crippen MR) is 68.3 cm³/mol. The van der Waals surface area contributed by atoms with Crippen molar-refractivity contribution in [3.8, 4) is 0 Å². The molecule has 106 valence electrons. The van der Waals surface area contributed by atoms with Gasteiger partial charge in [-0.3, -0.25) is 0 Å². The zero-order valence-corrected chi connectivity index (χ0v) is 10.8. The van der Waals surface area contributed by atoms with Crippen LogP contribution in [0.3, 0.4) is 0 Å². The summed E-state index contributed by atoms with van der Waals surface area (Å²) in [6.07, 6.45) is -0.877. The number of anilines is 1. The van der Waals surface area contributed by atoms with E-state index in [0.29, 0.717) is 37.6 Å². The fraction of sp³-hybridized carbons (Fsp3) is 0.538. The lowest BCUT2D eigenvalue weighted by atomic mass is 10.0. The highest BCUT2D eigenvalue weighted by atomic mass is 19.2. The average molecular weight is 272 g/mol. The molecule has 1 unspecified atom stereocenters. The maximum atomic E-state index is 13.4. The van der Waals surface area contributed by atoms with Crippen LogP contribution in [0.1, 0.15) is 11.7 Å². The summed E-state index contributed by atoms with van der Waals surface area (Å²) in [4.78, 5) is 1.90. The Morgan fingerprint density at radius 1 is 1.32 bits per heavy atom. The SMILES string of the molecule is CNCC(O)c1cc(F)c(F)cc1N1CCOCC1. The zero-order valence-electron chi connectivity index (χ0n) is 10.8. The van der Waals surface area contributed by atoms with E-state index in [1.165, 1.54) is 0 Å². The smallest absolute Gasteiger partial charge is 0.160 e. The van der Waals surface area contributed by atoms with E-state index in [1.54, 1.807) is 7.05 Å². The van der Waals surface area contributed by atoms with Crippen LogP contribution in [0.15, 0.2) is 12.1 Å². The molecule has 1 saturated heterocycles. The van der Waals surface area contributed by atoms with E-state index in [-0.39, 0.29) is 6.54 Å². The number of hydrogen-bond acceptors (Lipinski definition) is 4. The fourth-order valence-corrected chi connectivity index (χ4v) is 2.20. The Kier molecular flexibility index (Phi) is 4.68. The summed E-state index contributed by atoms with van der Waals surface area (Å²) in [5.41, 5.74) is 0.931. The summed E-state index contributed by atoms with van der Waals surface area (Å²) < 4.78 is 32.0. The number of morpholine rings is 1. The largest absolute Gasteiger partial charge is 0.387 e. The first kappa shape index (κ1) is 14.2. The molecule has 1 aromatic rings. The van der Waals surface area contributed by atoms with Gasteiger partial charge in [0.15, 0.2) is 11.6 Å². The molecule has 19 heavy (non-hydrogen) atoms. The number of likely N-dealkylation sites (N-methyl/N-ethyl adjacent to an activating group) is 1. The van der Waals surface area contributed by atoms with E-state index in [4.69, 9.17) is 4.74 Å². The second kappa shape index (κ2) is 6.27. The monoisotopic (exact) mass is 272 g/mol. The number of halogens is 2. The van der Waals surface area contributed by atoms with E-state index in [9.17, 15) is 13.9 Å². The van der Waals surface area contributed by atoms with Gasteiger partial charge in [-0.25, -0.2) is 8.78 Å². The van der Waals surface area contributed by atoms with Crippen LogP contribution in [0.2, 0.25) is 0 Å². The van der Waals surface area contributed by atoms with Crippen LogP contribution < -0.4 is 10.2 Å². The molecule has 0 spiro atoms. The molecule has 1 aliphatic rings. The summed E-state index contributed by atoms with van der Waals surface area (Å²) in [6, 6.07) is 2.22. The van der Waals surface area contributed by atoms with Gasteiger partial charge in [0.25, 0.3) is 0 Å². The van der Waals surface area contributed by atoms with Gasteiger partial charge in [-0.15, -0.1) is 0 Å². The number of rotatable bonds is 4. The highest BCUT2D eigenvalue weighted by Gasteiger charge is 2.21. The third-order valence-corrected chi connectivity index (χ3v) is 3.18. The highest BCUT2D eigenvalue weighted by Crippen LogP contribution is 2.29. The van der Waals surface area contributed by atoms with Crippen molar-refractivity contribution in [1.29, 1.82) is 0 Å². The number of nitrogens with one attached hydrogen (secondary N) is 1. The first-order chi connectivity index (χ1) is 9.13. The average Bonchev–Trinajstić information content (AvgIpc) is 2.42.